The maximum absolute atomic E-state index is 4.37. The Balaban J connectivity index is 1.81. The molecule has 0 unspecified atom stereocenters. The number of aromatic nitrogens is 2. The van der Waals surface area contributed by atoms with Gasteiger partial charge in [-0.15, -0.1) is 0 Å². The minimum absolute atomic E-state index is 0.638. The first-order valence-electron chi connectivity index (χ1n) is 6.46. The van der Waals surface area contributed by atoms with Crippen LogP contribution in [0.5, 0.6) is 0 Å². The molecule has 1 aliphatic heterocycles. The number of rotatable bonds is 5. The van der Waals surface area contributed by atoms with E-state index in [-0.39, 0.29) is 0 Å². The fraction of sp³-hybridized carbons (Fsp3) is 0.667. The Kier molecular flexibility index (Phi) is 5.19. The molecule has 0 spiro atoms. The molecule has 5 nitrogen and oxygen atoms in total. The lowest BCUT2D eigenvalue weighted by Gasteiger charge is -2.26. The number of hydrogen-bond acceptors (Lipinski definition) is 5. The number of nitrogens with one attached hydrogen (secondary N) is 2. The molecule has 100 valence electrons. The fourth-order valence-corrected chi connectivity index (χ4v) is 2.46. The summed E-state index contributed by atoms with van der Waals surface area (Å²) < 4.78 is 0.903. The molecule has 1 aromatic rings. The van der Waals surface area contributed by atoms with Crippen molar-refractivity contribution < 1.29 is 0 Å². The first-order chi connectivity index (χ1) is 8.79. The summed E-state index contributed by atoms with van der Waals surface area (Å²) in [5.41, 5.74) is 0. The van der Waals surface area contributed by atoms with Gasteiger partial charge in [0.05, 0.1) is 4.47 Å². The summed E-state index contributed by atoms with van der Waals surface area (Å²) in [7, 11) is 1.82. The van der Waals surface area contributed by atoms with Crippen LogP contribution in [-0.4, -0.2) is 48.1 Å². The number of piperidine rings is 1. The molecule has 1 saturated heterocycles. The number of likely N-dealkylation sites (tertiary alicyclic amines) is 1. The molecular formula is C12H20BrN5. The summed E-state index contributed by atoms with van der Waals surface area (Å²) in [6.45, 7) is 4.45. The van der Waals surface area contributed by atoms with Gasteiger partial charge in [-0.1, -0.05) is 6.42 Å². The smallest absolute Gasteiger partial charge is 0.224 e. The van der Waals surface area contributed by atoms with E-state index in [2.05, 4.69) is 41.4 Å². The van der Waals surface area contributed by atoms with Gasteiger partial charge < -0.3 is 15.5 Å². The van der Waals surface area contributed by atoms with Crippen LogP contribution >= 0.6 is 15.9 Å². The molecule has 0 bridgehead atoms. The van der Waals surface area contributed by atoms with Crippen molar-refractivity contribution in [3.63, 3.8) is 0 Å². The van der Waals surface area contributed by atoms with Crippen LogP contribution in [0.1, 0.15) is 19.3 Å². The molecule has 0 radical (unpaired) electrons. The number of anilines is 2. The summed E-state index contributed by atoms with van der Waals surface area (Å²) in [6.07, 6.45) is 5.82. The average molecular weight is 314 g/mol. The van der Waals surface area contributed by atoms with E-state index in [0.717, 1.165) is 23.4 Å². The topological polar surface area (TPSA) is 53.1 Å². The van der Waals surface area contributed by atoms with E-state index in [1.165, 1.54) is 32.4 Å². The predicted octanol–water partition coefficient (Wildman–Crippen LogP) is 2.18. The van der Waals surface area contributed by atoms with Gasteiger partial charge in [-0.05, 0) is 41.9 Å². The highest BCUT2D eigenvalue weighted by Gasteiger charge is 2.10. The lowest BCUT2D eigenvalue weighted by Crippen LogP contribution is -2.33. The van der Waals surface area contributed by atoms with Gasteiger partial charge in [0.1, 0.15) is 5.82 Å². The van der Waals surface area contributed by atoms with Crippen LogP contribution in [-0.2, 0) is 0 Å². The maximum atomic E-state index is 4.37. The Morgan fingerprint density at radius 1 is 1.33 bits per heavy atom. The van der Waals surface area contributed by atoms with Crippen LogP contribution in [0.15, 0.2) is 10.7 Å². The maximum Gasteiger partial charge on any atom is 0.224 e. The van der Waals surface area contributed by atoms with Crippen LogP contribution in [0.3, 0.4) is 0 Å². The normalized spacial score (nSPS) is 16.6. The molecule has 18 heavy (non-hydrogen) atoms. The molecule has 2 rings (SSSR count). The molecule has 0 saturated carbocycles. The van der Waals surface area contributed by atoms with Crippen molar-refractivity contribution in [2.75, 3.05) is 43.9 Å². The fourth-order valence-electron chi connectivity index (χ4n) is 2.13. The second-order valence-corrected chi connectivity index (χ2v) is 5.32. The second kappa shape index (κ2) is 6.89. The zero-order valence-corrected chi connectivity index (χ0v) is 12.3. The van der Waals surface area contributed by atoms with Crippen molar-refractivity contribution in [2.24, 2.45) is 0 Å². The molecule has 2 heterocycles. The average Bonchev–Trinajstić information content (AvgIpc) is 2.42. The van der Waals surface area contributed by atoms with Gasteiger partial charge in [-0.25, -0.2) is 4.98 Å². The largest absolute Gasteiger partial charge is 0.368 e. The van der Waals surface area contributed by atoms with Gasteiger partial charge in [0.15, 0.2) is 0 Å². The quantitative estimate of drug-likeness (QED) is 0.872. The van der Waals surface area contributed by atoms with E-state index in [4.69, 9.17) is 0 Å². The molecule has 1 aromatic heterocycles. The summed E-state index contributed by atoms with van der Waals surface area (Å²) in [5, 5.41) is 6.30. The highest BCUT2D eigenvalue weighted by molar-refractivity contribution is 9.10. The highest BCUT2D eigenvalue weighted by atomic mass is 79.9. The van der Waals surface area contributed by atoms with Crippen molar-refractivity contribution in [3.05, 3.63) is 10.7 Å². The van der Waals surface area contributed by atoms with Crippen LogP contribution in [0.2, 0.25) is 0 Å². The molecule has 0 atom stereocenters. The molecule has 0 aliphatic carbocycles. The van der Waals surface area contributed by atoms with Crippen molar-refractivity contribution >= 4 is 27.7 Å². The van der Waals surface area contributed by atoms with Gasteiger partial charge in [0.2, 0.25) is 5.95 Å². The molecule has 2 N–H and O–H groups in total. The van der Waals surface area contributed by atoms with Crippen molar-refractivity contribution in [3.8, 4) is 0 Å². The van der Waals surface area contributed by atoms with Gasteiger partial charge in [-0.2, -0.15) is 4.98 Å². The van der Waals surface area contributed by atoms with E-state index in [0.29, 0.717) is 5.95 Å². The lowest BCUT2D eigenvalue weighted by molar-refractivity contribution is 0.237. The minimum Gasteiger partial charge on any atom is -0.368 e. The van der Waals surface area contributed by atoms with Crippen molar-refractivity contribution in [1.82, 2.24) is 14.9 Å². The van der Waals surface area contributed by atoms with Crippen LogP contribution in [0, 0.1) is 0 Å². The van der Waals surface area contributed by atoms with Crippen LogP contribution in [0.4, 0.5) is 11.8 Å². The first-order valence-corrected chi connectivity index (χ1v) is 7.25. The zero-order valence-electron chi connectivity index (χ0n) is 10.7. The SMILES string of the molecule is CNc1ncc(Br)c(NCCN2CCCCC2)n1. The minimum atomic E-state index is 0.638. The molecule has 1 aliphatic rings. The first kappa shape index (κ1) is 13.5. The Labute approximate surface area is 117 Å². The third-order valence-corrected chi connectivity index (χ3v) is 3.72. The molecule has 6 heteroatoms. The molecule has 1 fully saturated rings. The van der Waals surface area contributed by atoms with E-state index in [9.17, 15) is 0 Å². The van der Waals surface area contributed by atoms with Gasteiger partial charge in [-0.3, -0.25) is 0 Å². The molecule has 0 aromatic carbocycles. The predicted molar refractivity (Wildman–Crippen MR) is 78.1 cm³/mol. The Bertz CT molecular complexity index is 379. The Morgan fingerprint density at radius 2 is 2.11 bits per heavy atom. The summed E-state index contributed by atoms with van der Waals surface area (Å²) in [4.78, 5) is 11.0. The molecular weight excluding hydrogens is 294 g/mol. The third-order valence-electron chi connectivity index (χ3n) is 3.14. The standard InChI is InChI=1S/C12H20BrN5/c1-14-12-16-9-10(13)11(17-12)15-5-8-18-6-3-2-4-7-18/h9H,2-8H2,1H3,(H2,14,15,16,17). The number of halogens is 1. The summed E-state index contributed by atoms with van der Waals surface area (Å²) in [5.74, 6) is 1.49. The summed E-state index contributed by atoms with van der Waals surface area (Å²) in [6, 6.07) is 0. The molecule has 0 amide bonds. The van der Waals surface area contributed by atoms with Crippen LogP contribution in [0.25, 0.3) is 0 Å². The zero-order chi connectivity index (χ0) is 12.8. The van der Waals surface area contributed by atoms with Gasteiger partial charge >= 0.3 is 0 Å². The number of hydrogen-bond donors (Lipinski definition) is 2. The van der Waals surface area contributed by atoms with Gasteiger partial charge in [0, 0.05) is 26.3 Å². The highest BCUT2D eigenvalue weighted by Crippen LogP contribution is 2.19. The monoisotopic (exact) mass is 313 g/mol. The number of nitrogens with zero attached hydrogens (tertiary/aromatic N) is 3. The Morgan fingerprint density at radius 3 is 2.83 bits per heavy atom. The third kappa shape index (κ3) is 3.81. The van der Waals surface area contributed by atoms with Crippen molar-refractivity contribution in [1.29, 1.82) is 0 Å². The summed E-state index contributed by atoms with van der Waals surface area (Å²) >= 11 is 3.46. The van der Waals surface area contributed by atoms with E-state index < -0.39 is 0 Å². The Hall–Kier alpha value is -0.880. The van der Waals surface area contributed by atoms with Gasteiger partial charge in [0.25, 0.3) is 0 Å². The second-order valence-electron chi connectivity index (χ2n) is 4.47. The van der Waals surface area contributed by atoms with E-state index in [1.54, 1.807) is 6.20 Å². The lowest BCUT2D eigenvalue weighted by atomic mass is 10.1. The van der Waals surface area contributed by atoms with Crippen molar-refractivity contribution in [2.45, 2.75) is 19.3 Å². The van der Waals surface area contributed by atoms with E-state index >= 15 is 0 Å². The van der Waals surface area contributed by atoms with Crippen LogP contribution < -0.4 is 10.6 Å². The van der Waals surface area contributed by atoms with E-state index in [1.807, 2.05) is 7.05 Å².